The van der Waals surface area contributed by atoms with Crippen LogP contribution in [0, 0.1) is 5.92 Å². The van der Waals surface area contributed by atoms with Gasteiger partial charge in [-0.2, -0.15) is 0 Å². The zero-order chi connectivity index (χ0) is 12.5. The Balaban J connectivity index is 2.18. The molecule has 0 saturated carbocycles. The zero-order valence-electron chi connectivity index (χ0n) is 11.9. The molecule has 1 unspecified atom stereocenters. The average Bonchev–Trinajstić information content (AvgIpc) is 2.35. The highest BCUT2D eigenvalue weighted by atomic mass is 16.5. The molecule has 1 rings (SSSR count). The summed E-state index contributed by atoms with van der Waals surface area (Å²) in [5.41, 5.74) is 0. The second-order valence-electron chi connectivity index (χ2n) is 5.34. The number of rotatable bonds is 8. The number of ether oxygens (including phenoxy) is 1. The normalized spacial score (nSPS) is 19.8. The van der Waals surface area contributed by atoms with Gasteiger partial charge in [0, 0.05) is 32.3 Å². The SMILES string of the molecule is CCCNC(CC)CN(C)CC1CCOCC1. The first-order valence-corrected chi connectivity index (χ1v) is 7.25. The van der Waals surface area contributed by atoms with Crippen molar-refractivity contribution in [3.8, 4) is 0 Å². The van der Waals surface area contributed by atoms with Crippen LogP contribution < -0.4 is 5.32 Å². The van der Waals surface area contributed by atoms with Crippen molar-refractivity contribution in [3.63, 3.8) is 0 Å². The van der Waals surface area contributed by atoms with Gasteiger partial charge in [-0.25, -0.2) is 0 Å². The highest BCUT2D eigenvalue weighted by Gasteiger charge is 2.17. The lowest BCUT2D eigenvalue weighted by atomic mass is 9.99. The summed E-state index contributed by atoms with van der Waals surface area (Å²) >= 11 is 0. The van der Waals surface area contributed by atoms with Crippen LogP contribution in [0.3, 0.4) is 0 Å². The van der Waals surface area contributed by atoms with Crippen LogP contribution in [-0.4, -0.2) is 50.8 Å². The minimum absolute atomic E-state index is 0.653. The number of hydrogen-bond acceptors (Lipinski definition) is 3. The fraction of sp³-hybridized carbons (Fsp3) is 1.00. The van der Waals surface area contributed by atoms with Gasteiger partial charge in [-0.05, 0) is 45.2 Å². The van der Waals surface area contributed by atoms with Gasteiger partial charge in [0.25, 0.3) is 0 Å². The van der Waals surface area contributed by atoms with Gasteiger partial charge in [-0.15, -0.1) is 0 Å². The van der Waals surface area contributed by atoms with Crippen LogP contribution in [0.25, 0.3) is 0 Å². The van der Waals surface area contributed by atoms with Crippen LogP contribution in [0.2, 0.25) is 0 Å². The summed E-state index contributed by atoms with van der Waals surface area (Å²) in [6.07, 6.45) is 4.92. The molecule has 0 spiro atoms. The highest BCUT2D eigenvalue weighted by molar-refractivity contribution is 4.72. The number of likely N-dealkylation sites (N-methyl/N-ethyl adjacent to an activating group) is 1. The second kappa shape index (κ2) is 8.90. The Kier molecular flexibility index (Phi) is 7.82. The maximum Gasteiger partial charge on any atom is 0.0469 e. The summed E-state index contributed by atoms with van der Waals surface area (Å²) in [6, 6.07) is 0.653. The van der Waals surface area contributed by atoms with Crippen LogP contribution in [0.15, 0.2) is 0 Å². The minimum atomic E-state index is 0.653. The van der Waals surface area contributed by atoms with Gasteiger partial charge in [0.15, 0.2) is 0 Å². The van der Waals surface area contributed by atoms with Crippen molar-refractivity contribution in [1.29, 1.82) is 0 Å². The Morgan fingerprint density at radius 1 is 1.29 bits per heavy atom. The summed E-state index contributed by atoms with van der Waals surface area (Å²) < 4.78 is 5.41. The van der Waals surface area contributed by atoms with Crippen molar-refractivity contribution in [2.24, 2.45) is 5.92 Å². The molecule has 0 bridgehead atoms. The van der Waals surface area contributed by atoms with E-state index >= 15 is 0 Å². The molecule has 0 aromatic heterocycles. The number of hydrogen-bond donors (Lipinski definition) is 1. The molecule has 1 aliphatic heterocycles. The van der Waals surface area contributed by atoms with E-state index in [4.69, 9.17) is 4.74 Å². The molecular weight excluding hydrogens is 212 g/mol. The van der Waals surface area contributed by atoms with E-state index in [9.17, 15) is 0 Å². The Morgan fingerprint density at radius 2 is 2.00 bits per heavy atom. The third-order valence-corrected chi connectivity index (χ3v) is 3.62. The molecule has 1 fully saturated rings. The van der Waals surface area contributed by atoms with Crippen LogP contribution >= 0.6 is 0 Å². The molecule has 0 aliphatic carbocycles. The molecule has 1 N–H and O–H groups in total. The molecule has 1 aliphatic rings. The van der Waals surface area contributed by atoms with Crippen molar-refractivity contribution >= 4 is 0 Å². The standard InChI is InChI=1S/C14H30N2O/c1-4-8-15-14(5-2)12-16(3)11-13-6-9-17-10-7-13/h13-15H,4-12H2,1-3H3. The fourth-order valence-electron chi connectivity index (χ4n) is 2.51. The van der Waals surface area contributed by atoms with E-state index in [1.165, 1.54) is 38.8 Å². The lowest BCUT2D eigenvalue weighted by Gasteiger charge is -2.29. The first kappa shape index (κ1) is 14.9. The third kappa shape index (κ3) is 6.39. The molecule has 1 saturated heterocycles. The second-order valence-corrected chi connectivity index (χ2v) is 5.34. The molecule has 17 heavy (non-hydrogen) atoms. The molecule has 1 heterocycles. The van der Waals surface area contributed by atoms with Crippen molar-refractivity contribution < 1.29 is 4.74 Å². The van der Waals surface area contributed by atoms with Crippen LogP contribution in [0.4, 0.5) is 0 Å². The maximum atomic E-state index is 5.41. The summed E-state index contributed by atoms with van der Waals surface area (Å²) in [5.74, 6) is 0.845. The van der Waals surface area contributed by atoms with E-state index in [2.05, 4.69) is 31.1 Å². The van der Waals surface area contributed by atoms with Gasteiger partial charge < -0.3 is 15.0 Å². The summed E-state index contributed by atoms with van der Waals surface area (Å²) in [6.45, 7) is 9.97. The average molecular weight is 242 g/mol. The molecule has 0 radical (unpaired) electrons. The molecule has 0 aromatic rings. The van der Waals surface area contributed by atoms with E-state index in [1.807, 2.05) is 0 Å². The smallest absolute Gasteiger partial charge is 0.0469 e. The molecule has 3 heteroatoms. The molecule has 1 atom stereocenters. The van der Waals surface area contributed by atoms with E-state index in [0.29, 0.717) is 6.04 Å². The van der Waals surface area contributed by atoms with E-state index in [1.54, 1.807) is 0 Å². The first-order chi connectivity index (χ1) is 8.26. The Labute approximate surface area is 107 Å². The van der Waals surface area contributed by atoms with Gasteiger partial charge >= 0.3 is 0 Å². The summed E-state index contributed by atoms with van der Waals surface area (Å²) in [7, 11) is 2.26. The van der Waals surface area contributed by atoms with Crippen LogP contribution in [-0.2, 0) is 4.74 Å². The third-order valence-electron chi connectivity index (χ3n) is 3.62. The largest absolute Gasteiger partial charge is 0.381 e. The van der Waals surface area contributed by atoms with Gasteiger partial charge in [0.1, 0.15) is 0 Å². The molecule has 102 valence electrons. The first-order valence-electron chi connectivity index (χ1n) is 7.25. The van der Waals surface area contributed by atoms with Crippen LogP contribution in [0.1, 0.15) is 39.5 Å². The van der Waals surface area contributed by atoms with E-state index < -0.39 is 0 Å². The topological polar surface area (TPSA) is 24.5 Å². The van der Waals surface area contributed by atoms with Gasteiger partial charge in [-0.1, -0.05) is 13.8 Å². The van der Waals surface area contributed by atoms with Crippen molar-refractivity contribution in [3.05, 3.63) is 0 Å². The zero-order valence-corrected chi connectivity index (χ0v) is 11.9. The van der Waals surface area contributed by atoms with E-state index in [0.717, 1.165) is 25.7 Å². The lowest BCUT2D eigenvalue weighted by molar-refractivity contribution is 0.0547. The lowest BCUT2D eigenvalue weighted by Crippen LogP contribution is -2.41. The molecule has 0 aromatic carbocycles. The predicted molar refractivity (Wildman–Crippen MR) is 73.4 cm³/mol. The maximum absolute atomic E-state index is 5.41. The monoisotopic (exact) mass is 242 g/mol. The van der Waals surface area contributed by atoms with Crippen molar-refractivity contribution in [1.82, 2.24) is 10.2 Å². The van der Waals surface area contributed by atoms with Gasteiger partial charge in [0.2, 0.25) is 0 Å². The Bertz CT molecular complexity index is 181. The molecule has 0 amide bonds. The Morgan fingerprint density at radius 3 is 2.59 bits per heavy atom. The van der Waals surface area contributed by atoms with E-state index in [-0.39, 0.29) is 0 Å². The number of nitrogens with one attached hydrogen (secondary N) is 1. The van der Waals surface area contributed by atoms with Gasteiger partial charge in [0.05, 0.1) is 0 Å². The van der Waals surface area contributed by atoms with Crippen molar-refractivity contribution in [2.75, 3.05) is 39.9 Å². The molecule has 3 nitrogen and oxygen atoms in total. The fourth-order valence-corrected chi connectivity index (χ4v) is 2.51. The van der Waals surface area contributed by atoms with Crippen molar-refractivity contribution in [2.45, 2.75) is 45.6 Å². The van der Waals surface area contributed by atoms with Gasteiger partial charge in [-0.3, -0.25) is 0 Å². The summed E-state index contributed by atoms with van der Waals surface area (Å²) in [4.78, 5) is 2.49. The highest BCUT2D eigenvalue weighted by Crippen LogP contribution is 2.15. The Hall–Kier alpha value is -0.120. The predicted octanol–water partition coefficient (Wildman–Crippen LogP) is 2.12. The molecular formula is C14H30N2O. The number of nitrogens with zero attached hydrogens (tertiary/aromatic N) is 1. The summed E-state index contributed by atoms with van der Waals surface area (Å²) in [5, 5.41) is 3.62. The van der Waals surface area contributed by atoms with Crippen LogP contribution in [0.5, 0.6) is 0 Å². The quantitative estimate of drug-likeness (QED) is 0.705. The minimum Gasteiger partial charge on any atom is -0.381 e.